The van der Waals surface area contributed by atoms with Crippen molar-refractivity contribution in [1.29, 1.82) is 0 Å². The summed E-state index contributed by atoms with van der Waals surface area (Å²) in [6.07, 6.45) is 0. The van der Waals surface area contributed by atoms with Crippen molar-refractivity contribution in [2.75, 3.05) is 0 Å². The van der Waals surface area contributed by atoms with E-state index in [1.165, 1.54) is 88.0 Å². The Balaban J connectivity index is 1.34. The van der Waals surface area contributed by atoms with Crippen LogP contribution in [-0.4, -0.2) is 0 Å². The summed E-state index contributed by atoms with van der Waals surface area (Å²) in [4.78, 5) is 0. The second-order valence-corrected chi connectivity index (χ2v) is 12.8. The summed E-state index contributed by atoms with van der Waals surface area (Å²) in [5.41, 5.74) is 13.1. The van der Waals surface area contributed by atoms with E-state index in [0.29, 0.717) is 0 Å². The maximum atomic E-state index is 2.40. The molecule has 0 saturated carbocycles. The first-order valence-corrected chi connectivity index (χ1v) is 15.9. The Hall–Kier alpha value is -5.46. The molecule has 1 aliphatic rings. The predicted molar refractivity (Wildman–Crippen MR) is 193 cm³/mol. The second kappa shape index (κ2) is 9.78. The molecule has 0 radical (unpaired) electrons. The van der Waals surface area contributed by atoms with Gasteiger partial charge in [0.25, 0.3) is 0 Å². The molecule has 0 unspecified atom stereocenters. The fraction of sp³-hybridized carbons (Fsp3) is 0.0667. The molecule has 0 amide bonds. The van der Waals surface area contributed by atoms with Gasteiger partial charge < -0.3 is 0 Å². The van der Waals surface area contributed by atoms with Crippen LogP contribution in [0.3, 0.4) is 0 Å². The lowest BCUT2D eigenvalue weighted by Gasteiger charge is -2.23. The standard InChI is InChI=1S/C45H32/c1-45(2)40-22-12-21-38(43(40)39-28-27-31-15-6-7-16-33(31)44(39)45)42-36-19-10-8-17-34(36)41(35-18-9-11-20-37(35)42)32-25-23-30(24-26-32)29-13-4-3-5-14-29/h3-28H,1-2H3. The van der Waals surface area contributed by atoms with E-state index in [-0.39, 0.29) is 5.41 Å². The largest absolute Gasteiger partial charge is 0.0622 e. The van der Waals surface area contributed by atoms with Crippen molar-refractivity contribution in [3.63, 3.8) is 0 Å². The zero-order valence-electron chi connectivity index (χ0n) is 25.5. The van der Waals surface area contributed by atoms with Crippen LogP contribution < -0.4 is 0 Å². The Morgan fingerprint density at radius 3 is 1.53 bits per heavy atom. The maximum Gasteiger partial charge on any atom is 0.0165 e. The van der Waals surface area contributed by atoms with Gasteiger partial charge in [0.15, 0.2) is 0 Å². The van der Waals surface area contributed by atoms with Crippen LogP contribution in [-0.2, 0) is 5.41 Å². The van der Waals surface area contributed by atoms with Crippen molar-refractivity contribution in [3.8, 4) is 44.5 Å². The van der Waals surface area contributed by atoms with Gasteiger partial charge in [-0.3, -0.25) is 0 Å². The minimum Gasteiger partial charge on any atom is -0.0622 e. The van der Waals surface area contributed by atoms with Crippen LogP contribution in [0.4, 0.5) is 0 Å². The molecular formula is C45H32. The van der Waals surface area contributed by atoms with E-state index >= 15 is 0 Å². The molecule has 0 heteroatoms. The van der Waals surface area contributed by atoms with Crippen LogP contribution in [0.15, 0.2) is 158 Å². The summed E-state index contributed by atoms with van der Waals surface area (Å²) in [6.45, 7) is 4.79. The van der Waals surface area contributed by atoms with Gasteiger partial charge in [-0.05, 0) is 88.0 Å². The van der Waals surface area contributed by atoms with Crippen molar-refractivity contribution in [3.05, 3.63) is 169 Å². The van der Waals surface area contributed by atoms with E-state index in [0.717, 1.165) is 0 Å². The molecule has 45 heavy (non-hydrogen) atoms. The van der Waals surface area contributed by atoms with Gasteiger partial charge in [-0.2, -0.15) is 0 Å². The lowest BCUT2D eigenvalue weighted by Crippen LogP contribution is -2.15. The van der Waals surface area contributed by atoms with Crippen LogP contribution in [0.5, 0.6) is 0 Å². The van der Waals surface area contributed by atoms with Gasteiger partial charge in [-0.15, -0.1) is 0 Å². The Bertz CT molecular complexity index is 2370. The first kappa shape index (κ1) is 26.0. The molecule has 0 aromatic heterocycles. The number of benzene rings is 8. The number of hydrogen-bond donors (Lipinski definition) is 0. The fourth-order valence-corrected chi connectivity index (χ4v) is 8.05. The van der Waals surface area contributed by atoms with Gasteiger partial charge in [-0.25, -0.2) is 0 Å². The minimum absolute atomic E-state index is 0.104. The topological polar surface area (TPSA) is 0 Å². The lowest BCUT2D eigenvalue weighted by atomic mass is 9.79. The third-order valence-corrected chi connectivity index (χ3v) is 10.0. The monoisotopic (exact) mass is 572 g/mol. The summed E-state index contributed by atoms with van der Waals surface area (Å²) in [5.74, 6) is 0. The highest BCUT2D eigenvalue weighted by molar-refractivity contribution is 6.23. The summed E-state index contributed by atoms with van der Waals surface area (Å²) < 4.78 is 0. The van der Waals surface area contributed by atoms with Crippen LogP contribution in [0, 0.1) is 0 Å². The van der Waals surface area contributed by atoms with Crippen molar-refractivity contribution in [2.24, 2.45) is 0 Å². The Morgan fingerprint density at radius 1 is 0.333 bits per heavy atom. The fourth-order valence-electron chi connectivity index (χ4n) is 8.05. The SMILES string of the molecule is CC1(C)c2cccc(-c3c4ccccc4c(-c4ccc(-c5ccccc5)cc4)c4ccccc34)c2-c2ccc3ccccc3c21. The third kappa shape index (κ3) is 3.79. The molecule has 1 aliphatic carbocycles. The average Bonchev–Trinajstić information content (AvgIpc) is 3.34. The molecule has 0 bridgehead atoms. The number of hydrogen-bond acceptors (Lipinski definition) is 0. The zero-order chi connectivity index (χ0) is 30.1. The minimum atomic E-state index is -0.104. The van der Waals surface area contributed by atoms with Gasteiger partial charge in [-0.1, -0.05) is 172 Å². The van der Waals surface area contributed by atoms with Gasteiger partial charge in [0, 0.05) is 5.41 Å². The highest BCUT2D eigenvalue weighted by Gasteiger charge is 2.38. The molecule has 212 valence electrons. The van der Waals surface area contributed by atoms with Crippen molar-refractivity contribution < 1.29 is 0 Å². The Labute approximate surface area is 264 Å². The van der Waals surface area contributed by atoms with Gasteiger partial charge >= 0.3 is 0 Å². The second-order valence-electron chi connectivity index (χ2n) is 12.8. The summed E-state index contributed by atoms with van der Waals surface area (Å²) in [6, 6.07) is 58.2. The van der Waals surface area contributed by atoms with Crippen LogP contribution in [0.25, 0.3) is 76.8 Å². The quantitative estimate of drug-likeness (QED) is 0.185. The first-order chi connectivity index (χ1) is 22.1. The number of fused-ring (bicyclic) bond motifs is 7. The highest BCUT2D eigenvalue weighted by atomic mass is 14.4. The van der Waals surface area contributed by atoms with Crippen molar-refractivity contribution in [2.45, 2.75) is 19.3 Å². The maximum absolute atomic E-state index is 2.40. The smallest absolute Gasteiger partial charge is 0.0165 e. The molecule has 9 rings (SSSR count). The van der Waals surface area contributed by atoms with Crippen LogP contribution >= 0.6 is 0 Å². The molecular weight excluding hydrogens is 540 g/mol. The summed E-state index contributed by atoms with van der Waals surface area (Å²) in [7, 11) is 0. The first-order valence-electron chi connectivity index (χ1n) is 15.9. The Morgan fingerprint density at radius 2 is 0.867 bits per heavy atom. The lowest BCUT2D eigenvalue weighted by molar-refractivity contribution is 0.666. The molecule has 8 aromatic rings. The van der Waals surface area contributed by atoms with E-state index in [1.807, 2.05) is 0 Å². The third-order valence-electron chi connectivity index (χ3n) is 10.0. The molecule has 0 heterocycles. The molecule has 0 fully saturated rings. The average molecular weight is 573 g/mol. The van der Waals surface area contributed by atoms with Crippen molar-refractivity contribution >= 4 is 32.3 Å². The van der Waals surface area contributed by atoms with Crippen LogP contribution in [0.1, 0.15) is 25.0 Å². The van der Waals surface area contributed by atoms with Gasteiger partial charge in [0.2, 0.25) is 0 Å². The van der Waals surface area contributed by atoms with E-state index in [2.05, 4.69) is 172 Å². The molecule has 0 atom stereocenters. The normalized spacial score (nSPS) is 13.3. The molecule has 0 spiro atoms. The predicted octanol–water partition coefficient (Wildman–Crippen LogP) is 12.5. The zero-order valence-corrected chi connectivity index (χ0v) is 25.5. The summed E-state index contributed by atoms with van der Waals surface area (Å²) in [5, 5.41) is 7.81. The van der Waals surface area contributed by atoms with Gasteiger partial charge in [0.1, 0.15) is 0 Å². The molecule has 0 nitrogen and oxygen atoms in total. The van der Waals surface area contributed by atoms with Crippen LogP contribution in [0.2, 0.25) is 0 Å². The Kier molecular flexibility index (Phi) is 5.64. The molecule has 0 aliphatic heterocycles. The molecule has 0 saturated heterocycles. The molecule has 8 aromatic carbocycles. The molecule has 0 N–H and O–H groups in total. The van der Waals surface area contributed by atoms with Crippen molar-refractivity contribution in [1.82, 2.24) is 0 Å². The van der Waals surface area contributed by atoms with E-state index in [9.17, 15) is 0 Å². The number of rotatable bonds is 3. The van der Waals surface area contributed by atoms with E-state index in [1.54, 1.807) is 0 Å². The van der Waals surface area contributed by atoms with E-state index < -0.39 is 0 Å². The van der Waals surface area contributed by atoms with Gasteiger partial charge in [0.05, 0.1) is 0 Å². The van der Waals surface area contributed by atoms with E-state index in [4.69, 9.17) is 0 Å². The summed E-state index contributed by atoms with van der Waals surface area (Å²) >= 11 is 0. The highest BCUT2D eigenvalue weighted by Crippen LogP contribution is 2.56.